The van der Waals surface area contributed by atoms with Crippen molar-refractivity contribution < 1.29 is 9.53 Å². The van der Waals surface area contributed by atoms with Gasteiger partial charge in [0.1, 0.15) is 5.33 Å². The van der Waals surface area contributed by atoms with Crippen LogP contribution in [-0.4, -0.2) is 18.4 Å². The van der Waals surface area contributed by atoms with Gasteiger partial charge < -0.3 is 4.74 Å². The Hall–Kier alpha value is -0.0500. The molecule has 0 aromatic carbocycles. The predicted molar refractivity (Wildman–Crippen MR) is 25.8 cm³/mol. The van der Waals surface area contributed by atoms with Crippen LogP contribution >= 0.6 is 15.9 Å². The minimum absolute atomic E-state index is 0.241. The quantitative estimate of drug-likeness (QED) is 0.313. The Morgan fingerprint density at radius 1 is 2.00 bits per heavy atom. The zero-order valence-electron chi connectivity index (χ0n) is 3.40. The highest BCUT2D eigenvalue weighted by molar-refractivity contribution is 9.09. The van der Waals surface area contributed by atoms with E-state index in [-0.39, 0.29) is 11.3 Å². The molecule has 0 bridgehead atoms. The summed E-state index contributed by atoms with van der Waals surface area (Å²) in [5.41, 5.74) is 0. The monoisotopic (exact) mass is 153 g/mol. The van der Waals surface area contributed by atoms with Gasteiger partial charge in [-0.15, -0.1) is 0 Å². The Morgan fingerprint density at radius 3 is 2.50 bits per heavy atom. The van der Waals surface area contributed by atoms with E-state index in [4.69, 9.17) is 0 Å². The highest BCUT2D eigenvalue weighted by Gasteiger charge is 1.89. The Balaban J connectivity index is 2.99. The summed E-state index contributed by atoms with van der Waals surface area (Å²) in [7, 11) is 1.35. The molecule has 0 fully saturated rings. The molecule has 0 radical (unpaired) electrons. The minimum atomic E-state index is -0.241. The first kappa shape index (κ1) is 5.95. The van der Waals surface area contributed by atoms with E-state index in [1.54, 1.807) is 0 Å². The SMILES string of the molecule is CO[13C](=O)CBr. The van der Waals surface area contributed by atoms with E-state index in [1.807, 2.05) is 0 Å². The van der Waals surface area contributed by atoms with Crippen LogP contribution in [0, 0.1) is 0 Å². The summed E-state index contributed by atoms with van der Waals surface area (Å²) in [6.07, 6.45) is 0. The lowest BCUT2D eigenvalue weighted by molar-refractivity contribution is -0.137. The summed E-state index contributed by atoms with van der Waals surface area (Å²) >= 11 is 2.90. The smallest absolute Gasteiger partial charge is 0.316 e. The summed E-state index contributed by atoms with van der Waals surface area (Å²) in [4.78, 5) is 9.91. The molecule has 0 aliphatic heterocycles. The molecule has 0 amide bonds. The Labute approximate surface area is 44.6 Å². The summed E-state index contributed by atoms with van der Waals surface area (Å²) in [5.74, 6) is -0.241. The predicted octanol–water partition coefficient (Wildman–Crippen LogP) is 0.554. The van der Waals surface area contributed by atoms with Crippen molar-refractivity contribution in [2.45, 2.75) is 0 Å². The molecule has 0 aliphatic rings. The second-order valence-electron chi connectivity index (χ2n) is 0.710. The van der Waals surface area contributed by atoms with Crippen LogP contribution in [0.5, 0.6) is 0 Å². The number of rotatable bonds is 1. The van der Waals surface area contributed by atoms with Crippen molar-refractivity contribution in [2.75, 3.05) is 12.4 Å². The van der Waals surface area contributed by atoms with Crippen molar-refractivity contribution in [2.24, 2.45) is 0 Å². The minimum Gasteiger partial charge on any atom is -0.468 e. The molecule has 3 heteroatoms. The van der Waals surface area contributed by atoms with Gasteiger partial charge in [0.2, 0.25) is 0 Å². The van der Waals surface area contributed by atoms with E-state index >= 15 is 0 Å². The van der Waals surface area contributed by atoms with Crippen LogP contribution < -0.4 is 0 Å². The lowest BCUT2D eigenvalue weighted by atomic mass is 11.3. The first-order valence-corrected chi connectivity index (χ1v) is 2.56. The number of methoxy groups -OCH3 is 1. The van der Waals surface area contributed by atoms with E-state index in [0.29, 0.717) is 0 Å². The average molecular weight is 154 g/mol. The van der Waals surface area contributed by atoms with Crippen molar-refractivity contribution in [3.05, 3.63) is 0 Å². The molecular formula is C3H5BrO2. The maximum Gasteiger partial charge on any atom is 0.316 e. The Morgan fingerprint density at radius 2 is 2.50 bits per heavy atom. The second kappa shape index (κ2) is 3.15. The zero-order chi connectivity index (χ0) is 4.99. The highest BCUT2D eigenvalue weighted by Crippen LogP contribution is 1.79. The number of ether oxygens (including phenoxy) is 1. The largest absolute Gasteiger partial charge is 0.468 e. The van der Waals surface area contributed by atoms with Crippen LogP contribution in [0.25, 0.3) is 0 Å². The third kappa shape index (κ3) is 2.20. The fourth-order valence-corrected chi connectivity index (χ4v) is 0.283. The van der Waals surface area contributed by atoms with Crippen LogP contribution in [0.3, 0.4) is 0 Å². The van der Waals surface area contributed by atoms with Crippen LogP contribution in [0.2, 0.25) is 0 Å². The molecule has 36 valence electrons. The standard InChI is InChI=1S/C3H5BrO2/c1-6-3(5)2-4/h2H2,1H3/i3+1. The lowest BCUT2D eigenvalue weighted by Gasteiger charge is -1.86. The van der Waals surface area contributed by atoms with Crippen LogP contribution in [-0.2, 0) is 9.53 Å². The van der Waals surface area contributed by atoms with Crippen LogP contribution in [0.4, 0.5) is 0 Å². The molecule has 0 aliphatic carbocycles. The Bertz CT molecular complexity index is 46.8. The molecule has 0 unspecified atom stereocenters. The first-order valence-electron chi connectivity index (χ1n) is 1.44. The summed E-state index contributed by atoms with van der Waals surface area (Å²) in [5, 5.41) is 0.281. The van der Waals surface area contributed by atoms with E-state index < -0.39 is 0 Å². The molecule has 2 nitrogen and oxygen atoms in total. The van der Waals surface area contributed by atoms with Gasteiger partial charge >= 0.3 is 5.97 Å². The van der Waals surface area contributed by atoms with E-state index in [9.17, 15) is 4.79 Å². The molecule has 0 rings (SSSR count). The van der Waals surface area contributed by atoms with Crippen molar-refractivity contribution in [1.29, 1.82) is 0 Å². The van der Waals surface area contributed by atoms with Gasteiger partial charge in [0.05, 0.1) is 7.11 Å². The van der Waals surface area contributed by atoms with Gasteiger partial charge in [-0.2, -0.15) is 0 Å². The lowest BCUT2D eigenvalue weighted by Crippen LogP contribution is -1.99. The summed E-state index contributed by atoms with van der Waals surface area (Å²) < 4.78 is 4.21. The first-order chi connectivity index (χ1) is 2.81. The molecule has 0 spiro atoms. The normalized spacial score (nSPS) is 7.67. The van der Waals surface area contributed by atoms with E-state index in [1.165, 1.54) is 7.11 Å². The zero-order valence-corrected chi connectivity index (χ0v) is 4.99. The van der Waals surface area contributed by atoms with Crippen molar-refractivity contribution in [1.82, 2.24) is 0 Å². The third-order valence-electron chi connectivity index (χ3n) is 0.337. The van der Waals surface area contributed by atoms with E-state index in [2.05, 4.69) is 20.7 Å². The third-order valence-corrected chi connectivity index (χ3v) is 0.795. The molecule has 0 saturated heterocycles. The van der Waals surface area contributed by atoms with Gasteiger partial charge in [-0.3, -0.25) is 4.79 Å². The second-order valence-corrected chi connectivity index (χ2v) is 1.27. The fraction of sp³-hybridized carbons (Fsp3) is 0.667. The maximum absolute atomic E-state index is 9.91. The van der Waals surface area contributed by atoms with Crippen LogP contribution in [0.15, 0.2) is 0 Å². The van der Waals surface area contributed by atoms with Crippen molar-refractivity contribution in [3.63, 3.8) is 0 Å². The molecule has 0 N–H and O–H groups in total. The molecule has 0 aromatic heterocycles. The molecule has 0 saturated carbocycles. The molecule has 0 aromatic rings. The fourth-order valence-electron chi connectivity index (χ4n) is 0.0546. The number of hydrogen-bond donors (Lipinski definition) is 0. The van der Waals surface area contributed by atoms with Gasteiger partial charge in [0, 0.05) is 0 Å². The molecule has 6 heavy (non-hydrogen) atoms. The number of alkyl halides is 1. The number of esters is 1. The topological polar surface area (TPSA) is 26.3 Å². The number of halogens is 1. The average Bonchev–Trinajstić information content (AvgIpc) is 1.65. The van der Waals surface area contributed by atoms with Gasteiger partial charge in [0.25, 0.3) is 0 Å². The molecule has 0 atom stereocenters. The van der Waals surface area contributed by atoms with Gasteiger partial charge in [-0.05, 0) is 0 Å². The molecule has 0 heterocycles. The maximum atomic E-state index is 9.91. The van der Waals surface area contributed by atoms with E-state index in [0.717, 1.165) is 0 Å². The van der Waals surface area contributed by atoms with Crippen LogP contribution in [0.1, 0.15) is 0 Å². The van der Waals surface area contributed by atoms with Gasteiger partial charge in [0.15, 0.2) is 0 Å². The number of hydrogen-bond acceptors (Lipinski definition) is 2. The van der Waals surface area contributed by atoms with Gasteiger partial charge in [-0.25, -0.2) is 0 Å². The van der Waals surface area contributed by atoms with Crippen molar-refractivity contribution >= 4 is 21.9 Å². The van der Waals surface area contributed by atoms with Gasteiger partial charge in [-0.1, -0.05) is 15.9 Å². The van der Waals surface area contributed by atoms with Crippen molar-refractivity contribution in [3.8, 4) is 0 Å². The molecular weight excluding hydrogens is 149 g/mol. The number of carbonyl (C=O) groups is 1. The Kier molecular flexibility index (Phi) is 3.13. The highest BCUT2D eigenvalue weighted by atomic mass is 79.9. The summed E-state index contributed by atoms with van der Waals surface area (Å²) in [6.45, 7) is 0. The number of carbonyl (C=O) groups excluding carboxylic acids is 1. The summed E-state index contributed by atoms with van der Waals surface area (Å²) in [6, 6.07) is 0.